The van der Waals surface area contributed by atoms with Crippen molar-refractivity contribution in [3.8, 4) is 11.3 Å². The van der Waals surface area contributed by atoms with Crippen molar-refractivity contribution >= 4 is 5.82 Å². The first kappa shape index (κ1) is 14.5. The standard InChI is InChI=1S/C15H22N4O/c1-15(2,6-7-20-3)10-19-11-17-9-13(19)12-4-5-14(16)18-8-12/h4-5,8-9,11H,6-7,10H2,1-3H3,(H2,16,18). The number of aromatic nitrogens is 3. The predicted octanol–water partition coefficient (Wildman–Crippen LogP) is 2.59. The molecule has 0 saturated heterocycles. The molecule has 0 unspecified atom stereocenters. The van der Waals surface area contributed by atoms with Gasteiger partial charge in [-0.25, -0.2) is 9.97 Å². The van der Waals surface area contributed by atoms with Crippen LogP contribution >= 0.6 is 0 Å². The number of nitrogen functional groups attached to an aromatic ring is 1. The summed E-state index contributed by atoms with van der Waals surface area (Å²) < 4.78 is 7.33. The number of hydrogen-bond acceptors (Lipinski definition) is 4. The van der Waals surface area contributed by atoms with E-state index >= 15 is 0 Å². The lowest BCUT2D eigenvalue weighted by Crippen LogP contribution is -2.21. The molecular formula is C15H22N4O. The van der Waals surface area contributed by atoms with E-state index in [0.29, 0.717) is 5.82 Å². The predicted molar refractivity (Wildman–Crippen MR) is 80.1 cm³/mol. The first-order chi connectivity index (χ1) is 9.52. The molecule has 0 saturated carbocycles. The van der Waals surface area contributed by atoms with Crippen LogP contribution in [0, 0.1) is 5.41 Å². The molecule has 2 aromatic heterocycles. The average Bonchev–Trinajstić information content (AvgIpc) is 2.85. The zero-order chi connectivity index (χ0) is 14.6. The Kier molecular flexibility index (Phi) is 4.39. The number of methoxy groups -OCH3 is 1. The zero-order valence-electron chi connectivity index (χ0n) is 12.3. The van der Waals surface area contributed by atoms with E-state index in [9.17, 15) is 0 Å². The summed E-state index contributed by atoms with van der Waals surface area (Å²) in [5, 5.41) is 0. The minimum absolute atomic E-state index is 0.146. The topological polar surface area (TPSA) is 66.0 Å². The van der Waals surface area contributed by atoms with E-state index in [1.807, 2.05) is 24.7 Å². The number of anilines is 1. The maximum Gasteiger partial charge on any atom is 0.123 e. The number of nitrogens with zero attached hydrogens (tertiary/aromatic N) is 3. The van der Waals surface area contributed by atoms with Crippen LogP contribution in [0.25, 0.3) is 11.3 Å². The van der Waals surface area contributed by atoms with E-state index < -0.39 is 0 Å². The Morgan fingerprint density at radius 3 is 2.75 bits per heavy atom. The highest BCUT2D eigenvalue weighted by molar-refractivity contribution is 5.59. The molecule has 0 spiro atoms. The lowest BCUT2D eigenvalue weighted by Gasteiger charge is -2.25. The van der Waals surface area contributed by atoms with Crippen molar-refractivity contribution in [2.75, 3.05) is 19.5 Å². The summed E-state index contributed by atoms with van der Waals surface area (Å²) in [5.74, 6) is 0.528. The molecule has 0 amide bonds. The van der Waals surface area contributed by atoms with E-state index in [2.05, 4.69) is 28.4 Å². The van der Waals surface area contributed by atoms with Crippen LogP contribution in [0.1, 0.15) is 20.3 Å². The molecule has 2 heterocycles. The number of rotatable bonds is 6. The third kappa shape index (κ3) is 3.57. The second-order valence-corrected chi connectivity index (χ2v) is 5.79. The van der Waals surface area contributed by atoms with Gasteiger partial charge in [-0.3, -0.25) is 0 Å². The zero-order valence-corrected chi connectivity index (χ0v) is 12.3. The molecule has 108 valence electrons. The van der Waals surface area contributed by atoms with Crippen molar-refractivity contribution in [1.82, 2.24) is 14.5 Å². The van der Waals surface area contributed by atoms with Crippen LogP contribution in [0.15, 0.2) is 30.9 Å². The summed E-state index contributed by atoms with van der Waals surface area (Å²) in [6.45, 7) is 6.12. The van der Waals surface area contributed by atoms with Crippen LogP contribution in [-0.4, -0.2) is 28.3 Å². The summed E-state index contributed by atoms with van der Waals surface area (Å²) in [5.41, 5.74) is 7.86. The number of ether oxygens (including phenoxy) is 1. The van der Waals surface area contributed by atoms with Crippen LogP contribution in [0.2, 0.25) is 0 Å². The molecular weight excluding hydrogens is 252 g/mol. The largest absolute Gasteiger partial charge is 0.385 e. The molecule has 5 heteroatoms. The second-order valence-electron chi connectivity index (χ2n) is 5.79. The lowest BCUT2D eigenvalue weighted by atomic mass is 9.89. The minimum Gasteiger partial charge on any atom is -0.385 e. The van der Waals surface area contributed by atoms with E-state index in [1.54, 1.807) is 13.3 Å². The highest BCUT2D eigenvalue weighted by Crippen LogP contribution is 2.27. The SMILES string of the molecule is COCCC(C)(C)Cn1cncc1-c1ccc(N)nc1. The minimum atomic E-state index is 0.146. The Bertz CT molecular complexity index is 545. The first-order valence-corrected chi connectivity index (χ1v) is 6.73. The average molecular weight is 274 g/mol. The third-order valence-electron chi connectivity index (χ3n) is 3.38. The smallest absolute Gasteiger partial charge is 0.123 e. The van der Waals surface area contributed by atoms with Gasteiger partial charge in [0.15, 0.2) is 0 Å². The summed E-state index contributed by atoms with van der Waals surface area (Å²) in [7, 11) is 1.73. The van der Waals surface area contributed by atoms with Crippen LogP contribution in [0.5, 0.6) is 0 Å². The molecule has 0 aliphatic carbocycles. The quantitative estimate of drug-likeness (QED) is 0.879. The Morgan fingerprint density at radius 1 is 1.30 bits per heavy atom. The highest BCUT2D eigenvalue weighted by Gasteiger charge is 2.20. The Balaban J connectivity index is 2.18. The summed E-state index contributed by atoms with van der Waals surface area (Å²) in [6.07, 6.45) is 6.51. The Labute approximate surface area is 119 Å². The molecule has 2 aromatic rings. The maximum absolute atomic E-state index is 5.63. The van der Waals surface area contributed by atoms with Gasteiger partial charge in [0.2, 0.25) is 0 Å². The summed E-state index contributed by atoms with van der Waals surface area (Å²) >= 11 is 0. The second kappa shape index (κ2) is 6.05. The number of nitrogens with two attached hydrogens (primary N) is 1. The molecule has 0 bridgehead atoms. The van der Waals surface area contributed by atoms with E-state index in [1.165, 1.54) is 0 Å². The first-order valence-electron chi connectivity index (χ1n) is 6.73. The Morgan fingerprint density at radius 2 is 2.10 bits per heavy atom. The molecule has 2 rings (SSSR count). The van der Waals surface area contributed by atoms with Crippen LogP contribution in [-0.2, 0) is 11.3 Å². The molecule has 0 radical (unpaired) electrons. The van der Waals surface area contributed by atoms with Gasteiger partial charge in [0.1, 0.15) is 5.82 Å². The fourth-order valence-corrected chi connectivity index (χ4v) is 2.16. The van der Waals surface area contributed by atoms with Gasteiger partial charge in [-0.05, 0) is 24.0 Å². The fraction of sp³-hybridized carbons (Fsp3) is 0.467. The van der Waals surface area contributed by atoms with Crippen molar-refractivity contribution < 1.29 is 4.74 Å². The van der Waals surface area contributed by atoms with Gasteiger partial charge >= 0.3 is 0 Å². The fourth-order valence-electron chi connectivity index (χ4n) is 2.16. The normalized spacial score (nSPS) is 11.8. The molecule has 0 aromatic carbocycles. The van der Waals surface area contributed by atoms with Gasteiger partial charge in [-0.2, -0.15) is 0 Å². The van der Waals surface area contributed by atoms with Gasteiger partial charge in [0, 0.05) is 32.0 Å². The third-order valence-corrected chi connectivity index (χ3v) is 3.38. The molecule has 2 N–H and O–H groups in total. The van der Waals surface area contributed by atoms with Crippen LogP contribution in [0.4, 0.5) is 5.82 Å². The van der Waals surface area contributed by atoms with Crippen LogP contribution < -0.4 is 5.73 Å². The van der Waals surface area contributed by atoms with Crippen molar-refractivity contribution in [3.05, 3.63) is 30.9 Å². The van der Waals surface area contributed by atoms with E-state index in [0.717, 1.165) is 30.8 Å². The molecule has 0 fully saturated rings. The maximum atomic E-state index is 5.63. The monoisotopic (exact) mass is 274 g/mol. The van der Waals surface area contributed by atoms with E-state index in [-0.39, 0.29) is 5.41 Å². The van der Waals surface area contributed by atoms with Crippen molar-refractivity contribution in [2.24, 2.45) is 5.41 Å². The van der Waals surface area contributed by atoms with Gasteiger partial charge in [0.25, 0.3) is 0 Å². The number of pyridine rings is 1. The van der Waals surface area contributed by atoms with Crippen molar-refractivity contribution in [3.63, 3.8) is 0 Å². The molecule has 20 heavy (non-hydrogen) atoms. The summed E-state index contributed by atoms with van der Waals surface area (Å²) in [4.78, 5) is 8.40. The number of imidazole rings is 1. The number of hydrogen-bond donors (Lipinski definition) is 1. The molecule has 0 atom stereocenters. The molecule has 5 nitrogen and oxygen atoms in total. The van der Waals surface area contributed by atoms with Crippen molar-refractivity contribution in [1.29, 1.82) is 0 Å². The lowest BCUT2D eigenvalue weighted by molar-refractivity contribution is 0.143. The molecule has 0 aliphatic heterocycles. The van der Waals surface area contributed by atoms with Gasteiger partial charge in [0.05, 0.1) is 18.2 Å². The highest BCUT2D eigenvalue weighted by atomic mass is 16.5. The van der Waals surface area contributed by atoms with Crippen LogP contribution in [0.3, 0.4) is 0 Å². The van der Waals surface area contributed by atoms with Crippen molar-refractivity contribution in [2.45, 2.75) is 26.8 Å². The molecule has 0 aliphatic rings. The van der Waals surface area contributed by atoms with E-state index in [4.69, 9.17) is 10.5 Å². The van der Waals surface area contributed by atoms with Gasteiger partial charge in [-0.15, -0.1) is 0 Å². The Hall–Kier alpha value is -1.88. The van der Waals surface area contributed by atoms with Gasteiger partial charge < -0.3 is 15.0 Å². The van der Waals surface area contributed by atoms with Gasteiger partial charge in [-0.1, -0.05) is 13.8 Å². The summed E-state index contributed by atoms with van der Waals surface area (Å²) in [6, 6.07) is 3.78.